The average Bonchev–Trinajstić information content (AvgIpc) is 3.28. The number of aliphatic imine (C=N–C) groups is 1. The van der Waals surface area contributed by atoms with Crippen LogP contribution in [0.15, 0.2) is 72.4 Å². The molecule has 1 unspecified atom stereocenters. The van der Waals surface area contributed by atoms with E-state index in [0.717, 1.165) is 22.9 Å². The van der Waals surface area contributed by atoms with Gasteiger partial charge in [0, 0.05) is 36.7 Å². The minimum atomic E-state index is 0.00213. The number of aromatic amines is 3. The lowest BCUT2D eigenvalue weighted by Crippen LogP contribution is -2.33. The smallest absolute Gasteiger partial charge is 0.119 e. The fourth-order valence-corrected chi connectivity index (χ4v) is 2.69. The highest BCUT2D eigenvalue weighted by atomic mass is 15.2. The highest BCUT2D eigenvalue weighted by Crippen LogP contribution is 2.31. The molecule has 1 atom stereocenters. The van der Waals surface area contributed by atoms with Crippen molar-refractivity contribution < 1.29 is 0 Å². The van der Waals surface area contributed by atoms with E-state index >= 15 is 0 Å². The van der Waals surface area contributed by atoms with Gasteiger partial charge < -0.3 is 19.9 Å². The van der Waals surface area contributed by atoms with Crippen molar-refractivity contribution in [3.63, 3.8) is 0 Å². The highest BCUT2D eigenvalue weighted by molar-refractivity contribution is 6.06. The zero-order valence-corrected chi connectivity index (χ0v) is 11.3. The van der Waals surface area contributed by atoms with E-state index in [9.17, 15) is 0 Å². The van der Waals surface area contributed by atoms with E-state index < -0.39 is 0 Å². The van der Waals surface area contributed by atoms with Gasteiger partial charge in [0.15, 0.2) is 0 Å². The molecule has 0 saturated heterocycles. The second-order valence-corrected chi connectivity index (χ2v) is 4.89. The summed E-state index contributed by atoms with van der Waals surface area (Å²) >= 11 is 0. The highest BCUT2D eigenvalue weighted by Gasteiger charge is 2.29. The molecule has 0 fully saturated rings. The van der Waals surface area contributed by atoms with Crippen LogP contribution in [0.4, 0.5) is 5.82 Å². The zero-order valence-electron chi connectivity index (χ0n) is 11.3. The van der Waals surface area contributed by atoms with Crippen molar-refractivity contribution in [3.8, 4) is 0 Å². The molecule has 0 aromatic carbocycles. The molecule has 104 valence electrons. The molecule has 0 amide bonds. The Balaban J connectivity index is 1.83. The Bertz CT molecular complexity index is 748. The summed E-state index contributed by atoms with van der Waals surface area (Å²) in [5, 5.41) is 0. The first-order valence-corrected chi connectivity index (χ1v) is 6.86. The zero-order chi connectivity index (χ0) is 14.1. The third-order valence-corrected chi connectivity index (χ3v) is 3.63. The van der Waals surface area contributed by atoms with E-state index in [1.165, 1.54) is 0 Å². The Kier molecular flexibility index (Phi) is 2.74. The van der Waals surface area contributed by atoms with Crippen molar-refractivity contribution in [2.45, 2.75) is 6.04 Å². The Hall–Kier alpha value is -2.95. The number of rotatable bonds is 3. The van der Waals surface area contributed by atoms with Gasteiger partial charge in [-0.1, -0.05) is 0 Å². The van der Waals surface area contributed by atoms with Gasteiger partial charge in [0.2, 0.25) is 0 Å². The molecule has 0 spiro atoms. The molecular formula is C16H15N5. The lowest BCUT2D eigenvalue weighted by Gasteiger charge is -2.31. The predicted molar refractivity (Wildman–Crippen MR) is 83.3 cm³/mol. The Morgan fingerprint density at radius 2 is 1.71 bits per heavy atom. The molecule has 0 aliphatic carbocycles. The van der Waals surface area contributed by atoms with Gasteiger partial charge >= 0.3 is 0 Å². The number of anilines is 1. The number of aromatic nitrogens is 3. The largest absolute Gasteiger partial charge is 0.363 e. The van der Waals surface area contributed by atoms with Gasteiger partial charge in [-0.25, -0.2) is 0 Å². The van der Waals surface area contributed by atoms with E-state index in [1.54, 1.807) is 0 Å². The topological polar surface area (TPSA) is 63.0 Å². The quantitative estimate of drug-likeness (QED) is 0.676. The van der Waals surface area contributed by atoms with Crippen LogP contribution in [0.3, 0.4) is 0 Å². The number of hydrogen-bond donors (Lipinski definition) is 3. The third-order valence-electron chi connectivity index (χ3n) is 3.63. The van der Waals surface area contributed by atoms with Crippen LogP contribution >= 0.6 is 0 Å². The van der Waals surface area contributed by atoms with Gasteiger partial charge in [-0.15, -0.1) is 0 Å². The summed E-state index contributed by atoms with van der Waals surface area (Å²) in [4.78, 5) is 16.6. The van der Waals surface area contributed by atoms with E-state index in [2.05, 4.69) is 37.0 Å². The molecule has 0 radical (unpaired) electrons. The number of nitrogens with one attached hydrogen (secondary N) is 3. The molecule has 3 aromatic rings. The van der Waals surface area contributed by atoms with Crippen molar-refractivity contribution in [3.05, 3.63) is 78.8 Å². The molecule has 1 aliphatic rings. The standard InChI is InChI=1S/C16H15N5/c1-4-12(17-7-1)15-16(13-5-2-8-18-13)21(11-10-20-15)14-6-3-9-19-14/h1-11,16-19H. The minimum Gasteiger partial charge on any atom is -0.363 e. The molecule has 5 heteroatoms. The normalized spacial score (nSPS) is 18.0. The Morgan fingerprint density at radius 1 is 0.905 bits per heavy atom. The first-order valence-electron chi connectivity index (χ1n) is 6.86. The lowest BCUT2D eigenvalue weighted by molar-refractivity contribution is 0.827. The van der Waals surface area contributed by atoms with E-state index in [1.807, 2.05) is 55.3 Å². The summed E-state index contributed by atoms with van der Waals surface area (Å²) in [6.45, 7) is 0. The number of nitrogens with zero attached hydrogens (tertiary/aromatic N) is 2. The second kappa shape index (κ2) is 4.86. The molecule has 21 heavy (non-hydrogen) atoms. The van der Waals surface area contributed by atoms with Crippen LogP contribution in [-0.4, -0.2) is 20.7 Å². The van der Waals surface area contributed by atoms with Gasteiger partial charge in [0.1, 0.15) is 11.9 Å². The van der Waals surface area contributed by atoms with Crippen molar-refractivity contribution >= 4 is 11.5 Å². The van der Waals surface area contributed by atoms with Crippen molar-refractivity contribution in [2.24, 2.45) is 4.99 Å². The monoisotopic (exact) mass is 277 g/mol. The maximum atomic E-state index is 4.60. The maximum absolute atomic E-state index is 4.60. The van der Waals surface area contributed by atoms with Crippen LogP contribution in [-0.2, 0) is 0 Å². The minimum absolute atomic E-state index is 0.00213. The lowest BCUT2D eigenvalue weighted by atomic mass is 10.0. The summed E-state index contributed by atoms with van der Waals surface area (Å²) in [7, 11) is 0. The molecule has 3 N–H and O–H groups in total. The summed E-state index contributed by atoms with van der Waals surface area (Å²) in [6.07, 6.45) is 9.60. The van der Waals surface area contributed by atoms with Crippen LogP contribution < -0.4 is 4.90 Å². The van der Waals surface area contributed by atoms with Gasteiger partial charge in [-0.2, -0.15) is 0 Å². The van der Waals surface area contributed by atoms with E-state index in [0.29, 0.717) is 0 Å². The number of hydrogen-bond acceptors (Lipinski definition) is 2. The van der Waals surface area contributed by atoms with Crippen molar-refractivity contribution in [1.82, 2.24) is 15.0 Å². The summed E-state index contributed by atoms with van der Waals surface area (Å²) in [5.74, 6) is 1.03. The van der Waals surface area contributed by atoms with Crippen LogP contribution in [0, 0.1) is 0 Å². The molecule has 4 heterocycles. The van der Waals surface area contributed by atoms with Crippen LogP contribution in [0.25, 0.3) is 0 Å². The summed E-state index contributed by atoms with van der Waals surface area (Å²) in [5.41, 5.74) is 3.11. The van der Waals surface area contributed by atoms with Crippen molar-refractivity contribution in [2.75, 3.05) is 4.90 Å². The van der Waals surface area contributed by atoms with E-state index in [4.69, 9.17) is 0 Å². The Labute approximate surface area is 122 Å². The van der Waals surface area contributed by atoms with Gasteiger partial charge in [0.05, 0.1) is 11.4 Å². The van der Waals surface area contributed by atoms with Gasteiger partial charge in [-0.3, -0.25) is 4.99 Å². The molecule has 0 saturated carbocycles. The van der Waals surface area contributed by atoms with Crippen molar-refractivity contribution in [1.29, 1.82) is 0 Å². The molecular weight excluding hydrogens is 262 g/mol. The second-order valence-electron chi connectivity index (χ2n) is 4.89. The SMILES string of the molecule is C1=CN(c2ccc[nH]2)C(c2ccc[nH]2)C(c2ccc[nH]2)=N1. The van der Waals surface area contributed by atoms with Crippen LogP contribution in [0.2, 0.25) is 0 Å². The average molecular weight is 277 g/mol. The number of H-pyrrole nitrogens is 3. The summed E-state index contributed by atoms with van der Waals surface area (Å²) in [6, 6.07) is 12.2. The maximum Gasteiger partial charge on any atom is 0.119 e. The molecule has 0 bridgehead atoms. The molecule has 5 nitrogen and oxygen atoms in total. The molecule has 1 aliphatic heterocycles. The fourth-order valence-electron chi connectivity index (χ4n) is 2.69. The van der Waals surface area contributed by atoms with Gasteiger partial charge in [0.25, 0.3) is 0 Å². The predicted octanol–water partition coefficient (Wildman–Crippen LogP) is 3.19. The van der Waals surface area contributed by atoms with E-state index in [-0.39, 0.29) is 6.04 Å². The van der Waals surface area contributed by atoms with Crippen LogP contribution in [0.1, 0.15) is 17.4 Å². The molecule has 4 rings (SSSR count). The fraction of sp³-hybridized carbons (Fsp3) is 0.0625. The first kappa shape index (κ1) is 11.8. The first-order chi connectivity index (χ1) is 10.4. The van der Waals surface area contributed by atoms with Crippen LogP contribution in [0.5, 0.6) is 0 Å². The third kappa shape index (κ3) is 1.99. The summed E-state index contributed by atoms with van der Waals surface area (Å²) < 4.78 is 0. The Morgan fingerprint density at radius 3 is 2.43 bits per heavy atom. The molecule has 3 aromatic heterocycles. The van der Waals surface area contributed by atoms with Gasteiger partial charge in [-0.05, 0) is 36.4 Å².